The highest BCUT2D eigenvalue weighted by molar-refractivity contribution is 6.05. The fourth-order valence-corrected chi connectivity index (χ4v) is 5.91. The third-order valence-corrected chi connectivity index (χ3v) is 8.77. The molecule has 0 fully saturated rings. The van der Waals surface area contributed by atoms with Crippen LogP contribution < -0.4 is 21.9 Å². The van der Waals surface area contributed by atoms with Crippen molar-refractivity contribution in [1.29, 1.82) is 0 Å². The highest BCUT2D eigenvalue weighted by atomic mass is 16.7. The summed E-state index contributed by atoms with van der Waals surface area (Å²) in [4.78, 5) is 40.2. The van der Waals surface area contributed by atoms with Gasteiger partial charge in [-0.05, 0) is 66.1 Å². The maximum atomic E-state index is 13.9. The van der Waals surface area contributed by atoms with E-state index in [4.69, 9.17) is 15.2 Å². The zero-order valence-electron chi connectivity index (χ0n) is 27.8. The molecule has 2 atom stereocenters. The lowest BCUT2D eigenvalue weighted by molar-refractivity contribution is -0.150. The predicted octanol–water partition coefficient (Wildman–Crippen LogP) is 5.06. The SMILES string of the molecule is Cc1c([C@@H]2C=C(C(=O)NCc3ccc(C(=O)Nc4ccccc4N)cc3)O[C@H](OCc3ccc(CO)cc3)C2)c(=O)n(-c2ccccc2)n1C. The minimum absolute atomic E-state index is 0.0484. The lowest BCUT2D eigenvalue weighted by Gasteiger charge is -2.29. The Morgan fingerprint density at radius 3 is 2.26 bits per heavy atom. The number of amides is 2. The number of ether oxygens (including phenoxy) is 2. The van der Waals surface area contributed by atoms with Crippen LogP contribution in [0.3, 0.4) is 0 Å². The van der Waals surface area contributed by atoms with Crippen molar-refractivity contribution in [2.75, 3.05) is 11.1 Å². The molecule has 0 radical (unpaired) electrons. The maximum absolute atomic E-state index is 13.9. The van der Waals surface area contributed by atoms with E-state index in [0.717, 1.165) is 28.1 Å². The molecule has 0 spiro atoms. The van der Waals surface area contributed by atoms with E-state index in [0.29, 0.717) is 28.9 Å². The summed E-state index contributed by atoms with van der Waals surface area (Å²) in [6.45, 7) is 2.21. The number of hydrogen-bond donors (Lipinski definition) is 4. The third-order valence-electron chi connectivity index (χ3n) is 8.77. The Kier molecular flexibility index (Phi) is 10.3. The number of aliphatic hydroxyl groups is 1. The molecule has 0 aliphatic carbocycles. The van der Waals surface area contributed by atoms with E-state index in [-0.39, 0.29) is 37.0 Å². The van der Waals surface area contributed by atoms with Crippen LogP contribution in [0.1, 0.15) is 50.6 Å². The highest BCUT2D eigenvalue weighted by Crippen LogP contribution is 2.33. The van der Waals surface area contributed by atoms with Crippen LogP contribution in [0.15, 0.2) is 120 Å². The lowest BCUT2D eigenvalue weighted by atomic mass is 9.93. The van der Waals surface area contributed by atoms with Crippen molar-refractivity contribution in [3.05, 3.63) is 159 Å². The zero-order chi connectivity index (χ0) is 35.2. The average Bonchev–Trinajstić information content (AvgIpc) is 3.37. The van der Waals surface area contributed by atoms with Crippen LogP contribution in [0.4, 0.5) is 11.4 Å². The molecule has 0 saturated carbocycles. The molecule has 4 aromatic carbocycles. The second kappa shape index (κ2) is 15.1. The molecule has 50 heavy (non-hydrogen) atoms. The first-order valence-electron chi connectivity index (χ1n) is 16.3. The summed E-state index contributed by atoms with van der Waals surface area (Å²) in [7, 11) is 1.83. The van der Waals surface area contributed by atoms with Gasteiger partial charge in [0, 0.05) is 42.8 Å². The van der Waals surface area contributed by atoms with Gasteiger partial charge in [0.15, 0.2) is 5.76 Å². The molecule has 0 unspecified atom stereocenters. The van der Waals surface area contributed by atoms with Crippen LogP contribution in [0, 0.1) is 6.92 Å². The Hall–Kier alpha value is -5.91. The van der Waals surface area contributed by atoms with Crippen LogP contribution in [-0.2, 0) is 41.1 Å². The smallest absolute Gasteiger partial charge is 0.286 e. The number of allylic oxidation sites excluding steroid dienone is 1. The summed E-state index contributed by atoms with van der Waals surface area (Å²) in [5.74, 6) is -1.18. The van der Waals surface area contributed by atoms with Crippen molar-refractivity contribution in [2.45, 2.75) is 45.3 Å². The number of carbonyl (C=O) groups excluding carboxylic acids is 2. The number of rotatable bonds is 11. The normalized spacial score (nSPS) is 15.5. The number of benzene rings is 4. The van der Waals surface area contributed by atoms with Crippen LogP contribution >= 0.6 is 0 Å². The zero-order valence-corrected chi connectivity index (χ0v) is 27.8. The van der Waals surface area contributed by atoms with E-state index in [1.807, 2.05) is 73.3 Å². The number of aliphatic hydroxyl groups excluding tert-OH is 1. The van der Waals surface area contributed by atoms with E-state index >= 15 is 0 Å². The lowest BCUT2D eigenvalue weighted by Crippen LogP contribution is -2.33. The standard InChI is InChI=1S/C39H39N5O6/c1-25-36(39(48)44(43(25)2)31-8-4-3-5-9-31)30-20-34(50-35(21-30)49-24-28-14-12-27(23-45)13-15-28)38(47)41-22-26-16-18-29(19-17-26)37(46)42-33-11-7-6-10-32(33)40/h3-20,30,35,45H,21-24,40H2,1-2H3,(H,41,47)(H,42,46)/t30-,35+/m1/s1. The van der Waals surface area contributed by atoms with Crippen LogP contribution in [0.2, 0.25) is 0 Å². The van der Waals surface area contributed by atoms with E-state index in [1.54, 1.807) is 59.3 Å². The van der Waals surface area contributed by atoms with Crippen molar-refractivity contribution >= 4 is 23.2 Å². The van der Waals surface area contributed by atoms with Crippen LogP contribution in [0.5, 0.6) is 0 Å². The van der Waals surface area contributed by atoms with Gasteiger partial charge >= 0.3 is 0 Å². The van der Waals surface area contributed by atoms with Gasteiger partial charge in [0.2, 0.25) is 6.29 Å². The molecule has 11 nitrogen and oxygen atoms in total. The van der Waals surface area contributed by atoms with Gasteiger partial charge < -0.3 is 30.9 Å². The van der Waals surface area contributed by atoms with Crippen LogP contribution in [0.25, 0.3) is 5.69 Å². The van der Waals surface area contributed by atoms with Gasteiger partial charge in [0.05, 0.1) is 30.3 Å². The quantitative estimate of drug-likeness (QED) is 0.143. The highest BCUT2D eigenvalue weighted by Gasteiger charge is 2.33. The molecule has 11 heteroatoms. The van der Waals surface area contributed by atoms with E-state index in [9.17, 15) is 19.5 Å². The summed E-state index contributed by atoms with van der Waals surface area (Å²) in [6, 6.07) is 30.6. The summed E-state index contributed by atoms with van der Waals surface area (Å²) < 4.78 is 15.7. The van der Waals surface area contributed by atoms with Gasteiger partial charge in [0.1, 0.15) is 0 Å². The van der Waals surface area contributed by atoms with Gasteiger partial charge in [-0.15, -0.1) is 0 Å². The minimum atomic E-state index is -0.816. The predicted molar refractivity (Wildman–Crippen MR) is 190 cm³/mol. The van der Waals surface area contributed by atoms with Crippen molar-refractivity contribution in [3.63, 3.8) is 0 Å². The molecule has 2 amide bonds. The Balaban J connectivity index is 1.20. The number of nitrogens with one attached hydrogen (secondary N) is 2. The number of anilines is 2. The largest absolute Gasteiger partial charge is 0.459 e. The number of aromatic nitrogens is 2. The fourth-order valence-electron chi connectivity index (χ4n) is 5.91. The fraction of sp³-hybridized carbons (Fsp3) is 0.205. The Bertz CT molecular complexity index is 2070. The van der Waals surface area contributed by atoms with Crippen molar-refractivity contribution in [2.24, 2.45) is 7.05 Å². The number of para-hydroxylation sites is 3. The first-order chi connectivity index (χ1) is 24.2. The monoisotopic (exact) mass is 673 g/mol. The van der Waals surface area contributed by atoms with Gasteiger partial charge in [-0.25, -0.2) is 4.68 Å². The van der Waals surface area contributed by atoms with E-state index in [1.165, 1.54) is 0 Å². The number of nitrogen functional groups attached to an aromatic ring is 1. The number of hydrogen-bond acceptors (Lipinski definition) is 7. The molecular weight excluding hydrogens is 634 g/mol. The molecule has 0 saturated heterocycles. The second-order valence-electron chi connectivity index (χ2n) is 12.1. The molecule has 0 bridgehead atoms. The molecular formula is C39H39N5O6. The summed E-state index contributed by atoms with van der Waals surface area (Å²) in [5, 5.41) is 15.1. The van der Waals surface area contributed by atoms with Gasteiger partial charge in [-0.1, -0.05) is 66.7 Å². The van der Waals surface area contributed by atoms with Gasteiger partial charge in [-0.2, -0.15) is 0 Å². The average molecular weight is 674 g/mol. The summed E-state index contributed by atoms with van der Waals surface area (Å²) in [5.41, 5.74) is 11.7. The third kappa shape index (κ3) is 7.54. The number of carbonyl (C=O) groups is 2. The molecule has 5 aromatic rings. The molecule has 256 valence electrons. The van der Waals surface area contributed by atoms with E-state index in [2.05, 4.69) is 10.6 Å². The summed E-state index contributed by atoms with van der Waals surface area (Å²) >= 11 is 0. The molecule has 2 heterocycles. The molecule has 1 aliphatic rings. The Labute approximate surface area is 289 Å². The molecule has 5 N–H and O–H groups in total. The van der Waals surface area contributed by atoms with E-state index < -0.39 is 18.1 Å². The van der Waals surface area contributed by atoms with Crippen molar-refractivity contribution in [3.8, 4) is 5.69 Å². The molecule has 1 aliphatic heterocycles. The maximum Gasteiger partial charge on any atom is 0.286 e. The number of nitrogens with zero attached hydrogens (tertiary/aromatic N) is 2. The Morgan fingerprint density at radius 1 is 0.900 bits per heavy atom. The minimum Gasteiger partial charge on any atom is -0.459 e. The first-order valence-corrected chi connectivity index (χ1v) is 16.3. The first kappa shape index (κ1) is 34.0. The topological polar surface area (TPSA) is 150 Å². The Morgan fingerprint density at radius 2 is 1.56 bits per heavy atom. The van der Waals surface area contributed by atoms with Crippen molar-refractivity contribution in [1.82, 2.24) is 14.7 Å². The second-order valence-corrected chi connectivity index (χ2v) is 12.1. The van der Waals surface area contributed by atoms with Crippen molar-refractivity contribution < 1.29 is 24.2 Å². The van der Waals surface area contributed by atoms with Gasteiger partial charge in [-0.3, -0.25) is 19.1 Å². The van der Waals surface area contributed by atoms with Crippen LogP contribution in [-0.4, -0.2) is 32.6 Å². The molecule has 1 aromatic heterocycles. The molecule has 6 rings (SSSR count). The number of nitrogens with two attached hydrogens (primary N) is 1. The van der Waals surface area contributed by atoms with Gasteiger partial charge in [0.25, 0.3) is 17.4 Å². The summed E-state index contributed by atoms with van der Waals surface area (Å²) in [6.07, 6.45) is 1.19.